The van der Waals surface area contributed by atoms with Crippen LogP contribution in [0, 0.1) is 13.8 Å². The van der Waals surface area contributed by atoms with Gasteiger partial charge in [0.2, 0.25) is 0 Å². The van der Waals surface area contributed by atoms with Gasteiger partial charge in [-0.05, 0) is 79.5 Å². The van der Waals surface area contributed by atoms with E-state index in [1.165, 1.54) is 46.3 Å². The molecule has 6 heteroatoms. The molecule has 0 atom stereocenters. The molecule has 0 bridgehead atoms. The fraction of sp³-hybridized carbons (Fsp3) is 0.500. The van der Waals surface area contributed by atoms with Gasteiger partial charge in [0, 0.05) is 49.4 Å². The van der Waals surface area contributed by atoms with Gasteiger partial charge < -0.3 is 15.1 Å². The predicted octanol–water partition coefficient (Wildman–Crippen LogP) is 4.71. The van der Waals surface area contributed by atoms with Gasteiger partial charge >= 0.3 is 0 Å². The molecule has 1 saturated carbocycles. The van der Waals surface area contributed by atoms with E-state index in [0.717, 1.165) is 37.7 Å². The SMILES string of the molecule is Cc1cc(C2CN(c3ccc(C4CC4)c(Cl)c3)C2)cc(C)c1CN1CC(C)(O)C1.O=CO. The van der Waals surface area contributed by atoms with Crippen molar-refractivity contribution in [3.8, 4) is 0 Å². The molecule has 0 spiro atoms. The smallest absolute Gasteiger partial charge is 0.290 e. The lowest BCUT2D eigenvalue weighted by Crippen LogP contribution is -2.59. The van der Waals surface area contributed by atoms with Gasteiger partial charge in [0.15, 0.2) is 0 Å². The first kappa shape index (κ1) is 23.1. The summed E-state index contributed by atoms with van der Waals surface area (Å²) in [6, 6.07) is 11.4. The van der Waals surface area contributed by atoms with Crippen LogP contribution in [-0.4, -0.2) is 53.4 Å². The quantitative estimate of drug-likeness (QED) is 0.638. The van der Waals surface area contributed by atoms with Gasteiger partial charge in [0.25, 0.3) is 6.47 Å². The molecular weight excluding hydrogens is 424 g/mol. The molecule has 172 valence electrons. The van der Waals surface area contributed by atoms with E-state index in [2.05, 4.69) is 54.0 Å². The standard InChI is InChI=1S/C25H31ClN2O.CH2O2/c1-16-8-19(9-17(2)23(16)13-27-14-25(3,29)15-27)20-11-28(12-20)21-6-7-22(18-4-5-18)24(26)10-21;2-1-3/h6-10,18,20,29H,4-5,11-15H2,1-3H3;1H,(H,2,3). The minimum Gasteiger partial charge on any atom is -0.483 e. The maximum atomic E-state index is 9.98. The molecule has 2 aromatic rings. The number of hydrogen-bond donors (Lipinski definition) is 2. The second-order valence-corrected chi connectivity index (χ2v) is 10.4. The Balaban J connectivity index is 0.000000775. The number of aliphatic hydroxyl groups is 1. The highest BCUT2D eigenvalue weighted by molar-refractivity contribution is 6.31. The minimum atomic E-state index is -0.503. The average molecular weight is 457 g/mol. The lowest BCUT2D eigenvalue weighted by Gasteiger charge is -2.45. The first-order chi connectivity index (χ1) is 15.2. The van der Waals surface area contributed by atoms with Gasteiger partial charge in [-0.15, -0.1) is 0 Å². The van der Waals surface area contributed by atoms with Gasteiger partial charge in [-0.25, -0.2) is 0 Å². The van der Waals surface area contributed by atoms with E-state index >= 15 is 0 Å². The zero-order chi connectivity index (χ0) is 23.0. The summed E-state index contributed by atoms with van der Waals surface area (Å²) in [4.78, 5) is 13.1. The Morgan fingerprint density at radius 1 is 1.09 bits per heavy atom. The van der Waals surface area contributed by atoms with Crippen LogP contribution in [0.3, 0.4) is 0 Å². The normalized spacial score (nSPS) is 20.1. The van der Waals surface area contributed by atoms with Crippen molar-refractivity contribution in [3.05, 3.63) is 63.2 Å². The number of anilines is 1. The summed E-state index contributed by atoms with van der Waals surface area (Å²) in [5.74, 6) is 1.29. The van der Waals surface area contributed by atoms with Crippen LogP contribution in [0.5, 0.6) is 0 Å². The first-order valence-corrected chi connectivity index (χ1v) is 11.8. The molecule has 0 aromatic heterocycles. The van der Waals surface area contributed by atoms with Crippen LogP contribution in [0.2, 0.25) is 5.02 Å². The maximum Gasteiger partial charge on any atom is 0.290 e. The fourth-order valence-corrected chi connectivity index (χ4v) is 5.43. The molecule has 2 aromatic carbocycles. The monoisotopic (exact) mass is 456 g/mol. The second-order valence-electron chi connectivity index (χ2n) is 9.96. The molecule has 3 aliphatic rings. The number of rotatable bonds is 5. The number of carbonyl (C=O) groups is 1. The summed E-state index contributed by atoms with van der Waals surface area (Å²) in [6.45, 7) is 10.7. The van der Waals surface area contributed by atoms with E-state index in [1.807, 2.05) is 6.92 Å². The largest absolute Gasteiger partial charge is 0.483 e. The zero-order valence-corrected chi connectivity index (χ0v) is 19.9. The minimum absolute atomic E-state index is 0.250. The number of aryl methyl sites for hydroxylation is 2. The number of hydrogen-bond acceptors (Lipinski definition) is 4. The highest BCUT2D eigenvalue weighted by atomic mass is 35.5. The van der Waals surface area contributed by atoms with Crippen LogP contribution in [0.15, 0.2) is 30.3 Å². The third kappa shape index (κ3) is 4.95. The average Bonchev–Trinajstić information content (AvgIpc) is 3.48. The Morgan fingerprint density at radius 3 is 2.19 bits per heavy atom. The Labute approximate surface area is 195 Å². The maximum absolute atomic E-state index is 9.98. The molecular formula is C26H33ClN2O3. The Bertz CT molecular complexity index is 966. The summed E-state index contributed by atoms with van der Waals surface area (Å²) in [6.07, 6.45) is 2.58. The van der Waals surface area contributed by atoms with Crippen molar-refractivity contribution in [2.45, 2.75) is 57.6 Å². The molecule has 2 N–H and O–H groups in total. The molecule has 5 rings (SSSR count). The molecule has 5 nitrogen and oxygen atoms in total. The van der Waals surface area contributed by atoms with E-state index in [4.69, 9.17) is 21.5 Å². The Hall–Kier alpha value is -2.08. The van der Waals surface area contributed by atoms with Gasteiger partial charge in [-0.1, -0.05) is 29.8 Å². The van der Waals surface area contributed by atoms with Crippen molar-refractivity contribution >= 4 is 23.8 Å². The number of likely N-dealkylation sites (tertiary alicyclic amines) is 1. The van der Waals surface area contributed by atoms with Gasteiger partial charge in [0.05, 0.1) is 5.60 Å². The van der Waals surface area contributed by atoms with Crippen molar-refractivity contribution in [2.75, 3.05) is 31.1 Å². The summed E-state index contributed by atoms with van der Waals surface area (Å²) >= 11 is 6.53. The highest BCUT2D eigenvalue weighted by Crippen LogP contribution is 2.44. The van der Waals surface area contributed by atoms with Crippen molar-refractivity contribution in [3.63, 3.8) is 0 Å². The Kier molecular flexibility index (Phi) is 6.53. The number of nitrogens with zero attached hydrogens (tertiary/aromatic N) is 2. The Morgan fingerprint density at radius 2 is 1.69 bits per heavy atom. The fourth-order valence-electron chi connectivity index (χ4n) is 5.10. The van der Waals surface area contributed by atoms with Gasteiger partial charge in [-0.3, -0.25) is 9.69 Å². The van der Waals surface area contributed by atoms with Crippen LogP contribution in [0.25, 0.3) is 0 Å². The van der Waals surface area contributed by atoms with E-state index in [1.54, 1.807) is 0 Å². The molecule has 2 heterocycles. The topological polar surface area (TPSA) is 64.0 Å². The summed E-state index contributed by atoms with van der Waals surface area (Å²) in [7, 11) is 0. The number of halogens is 1. The molecule has 1 aliphatic carbocycles. The van der Waals surface area contributed by atoms with Gasteiger partial charge in [-0.2, -0.15) is 0 Å². The summed E-state index contributed by atoms with van der Waals surface area (Å²) in [5, 5.41) is 17.8. The van der Waals surface area contributed by atoms with Crippen LogP contribution >= 0.6 is 11.6 Å². The molecule has 0 radical (unpaired) electrons. The third-order valence-electron chi connectivity index (χ3n) is 6.95. The highest BCUT2D eigenvalue weighted by Gasteiger charge is 2.36. The predicted molar refractivity (Wildman–Crippen MR) is 129 cm³/mol. The summed E-state index contributed by atoms with van der Waals surface area (Å²) in [5.41, 5.74) is 7.71. The molecule has 3 fully saturated rings. The molecule has 0 amide bonds. The molecule has 2 aliphatic heterocycles. The lowest BCUT2D eigenvalue weighted by atomic mass is 9.86. The third-order valence-corrected chi connectivity index (χ3v) is 7.28. The lowest BCUT2D eigenvalue weighted by molar-refractivity contribution is -0.122. The van der Waals surface area contributed by atoms with Crippen LogP contribution in [-0.2, 0) is 11.3 Å². The summed E-state index contributed by atoms with van der Waals surface area (Å²) < 4.78 is 0. The van der Waals surface area contributed by atoms with Crippen molar-refractivity contribution in [1.82, 2.24) is 4.90 Å². The van der Waals surface area contributed by atoms with Gasteiger partial charge in [0.1, 0.15) is 0 Å². The molecule has 2 saturated heterocycles. The van der Waals surface area contributed by atoms with Crippen molar-refractivity contribution < 1.29 is 15.0 Å². The second kappa shape index (κ2) is 9.05. The first-order valence-electron chi connectivity index (χ1n) is 11.4. The van der Waals surface area contributed by atoms with Crippen LogP contribution < -0.4 is 4.90 Å². The van der Waals surface area contributed by atoms with E-state index < -0.39 is 5.60 Å². The number of β-amino-alcohol motifs (C(OH)–C–C–N with tert-alkyl or cyclic N) is 1. The van der Waals surface area contributed by atoms with Crippen LogP contribution in [0.4, 0.5) is 5.69 Å². The van der Waals surface area contributed by atoms with E-state index in [0.29, 0.717) is 11.8 Å². The number of carboxylic acid groups (broad SMARTS) is 1. The van der Waals surface area contributed by atoms with E-state index in [9.17, 15) is 5.11 Å². The number of benzene rings is 2. The van der Waals surface area contributed by atoms with E-state index in [-0.39, 0.29) is 6.47 Å². The van der Waals surface area contributed by atoms with Crippen molar-refractivity contribution in [2.24, 2.45) is 0 Å². The van der Waals surface area contributed by atoms with Crippen molar-refractivity contribution in [1.29, 1.82) is 0 Å². The molecule has 0 unspecified atom stereocenters. The molecule has 32 heavy (non-hydrogen) atoms. The zero-order valence-electron chi connectivity index (χ0n) is 19.1. The van der Waals surface area contributed by atoms with Crippen LogP contribution in [0.1, 0.15) is 59.4 Å².